The number of halogens is 2. The Morgan fingerprint density at radius 2 is 2.24 bits per heavy atom. The molecule has 0 bridgehead atoms. The molecule has 0 radical (unpaired) electrons. The third kappa shape index (κ3) is 2.97. The van der Waals surface area contributed by atoms with E-state index in [1.54, 1.807) is 6.07 Å². The standard InChI is InChI=1S/C13H15FINO/c1-8-3-2-4-10(8)13(17)16-12-6-5-9(14)7-11(12)15/h5-8,10H,2-4H2,1H3,(H,16,17). The Bertz CT molecular complexity index is 435. The number of nitrogens with one attached hydrogen (secondary N) is 1. The van der Waals surface area contributed by atoms with Crippen LogP contribution in [0.15, 0.2) is 18.2 Å². The minimum Gasteiger partial charge on any atom is -0.325 e. The highest BCUT2D eigenvalue weighted by Gasteiger charge is 2.29. The highest BCUT2D eigenvalue weighted by molar-refractivity contribution is 14.1. The van der Waals surface area contributed by atoms with Gasteiger partial charge in [-0.25, -0.2) is 4.39 Å². The lowest BCUT2D eigenvalue weighted by molar-refractivity contribution is -0.120. The lowest BCUT2D eigenvalue weighted by Crippen LogP contribution is -2.24. The lowest BCUT2D eigenvalue weighted by atomic mass is 9.97. The molecule has 0 saturated heterocycles. The molecule has 4 heteroatoms. The summed E-state index contributed by atoms with van der Waals surface area (Å²) in [4.78, 5) is 12.1. The average molecular weight is 347 g/mol. The van der Waals surface area contributed by atoms with E-state index in [-0.39, 0.29) is 17.6 Å². The smallest absolute Gasteiger partial charge is 0.227 e. The number of benzene rings is 1. The Morgan fingerprint density at radius 1 is 1.47 bits per heavy atom. The number of carbonyl (C=O) groups is 1. The van der Waals surface area contributed by atoms with E-state index in [0.29, 0.717) is 11.6 Å². The first-order chi connectivity index (χ1) is 8.08. The molecular weight excluding hydrogens is 332 g/mol. The molecule has 2 atom stereocenters. The molecule has 0 heterocycles. The number of hydrogen-bond acceptors (Lipinski definition) is 1. The van der Waals surface area contributed by atoms with Crippen LogP contribution in [0.25, 0.3) is 0 Å². The number of amides is 1. The van der Waals surface area contributed by atoms with Crippen LogP contribution in [0, 0.1) is 21.2 Å². The molecule has 1 saturated carbocycles. The van der Waals surface area contributed by atoms with E-state index in [2.05, 4.69) is 12.2 Å². The van der Waals surface area contributed by atoms with Gasteiger partial charge in [0.25, 0.3) is 0 Å². The summed E-state index contributed by atoms with van der Waals surface area (Å²) < 4.78 is 13.7. The Hall–Kier alpha value is -0.650. The zero-order valence-corrected chi connectivity index (χ0v) is 11.8. The summed E-state index contributed by atoms with van der Waals surface area (Å²) >= 11 is 2.03. The highest BCUT2D eigenvalue weighted by atomic mass is 127. The topological polar surface area (TPSA) is 29.1 Å². The number of carbonyl (C=O) groups excluding carboxylic acids is 1. The fourth-order valence-corrected chi connectivity index (χ4v) is 2.96. The van der Waals surface area contributed by atoms with E-state index in [9.17, 15) is 9.18 Å². The first kappa shape index (κ1) is 12.8. The second kappa shape index (κ2) is 5.33. The van der Waals surface area contributed by atoms with E-state index >= 15 is 0 Å². The van der Waals surface area contributed by atoms with Crippen LogP contribution >= 0.6 is 22.6 Å². The van der Waals surface area contributed by atoms with Gasteiger partial charge >= 0.3 is 0 Å². The molecule has 1 aromatic carbocycles. The van der Waals surface area contributed by atoms with Gasteiger partial charge in [0.15, 0.2) is 0 Å². The van der Waals surface area contributed by atoms with Gasteiger partial charge < -0.3 is 5.32 Å². The Morgan fingerprint density at radius 3 is 2.82 bits per heavy atom. The van der Waals surface area contributed by atoms with Crippen LogP contribution in [0.5, 0.6) is 0 Å². The SMILES string of the molecule is CC1CCCC1C(=O)Nc1ccc(F)cc1I. The predicted octanol–water partition coefficient (Wildman–Crippen LogP) is 3.81. The molecule has 2 nitrogen and oxygen atoms in total. The summed E-state index contributed by atoms with van der Waals surface area (Å²) in [6.07, 6.45) is 3.21. The minimum absolute atomic E-state index is 0.0690. The molecule has 1 amide bonds. The van der Waals surface area contributed by atoms with Crippen molar-refractivity contribution < 1.29 is 9.18 Å². The molecule has 0 aliphatic heterocycles. The predicted molar refractivity (Wildman–Crippen MR) is 74.3 cm³/mol. The summed E-state index contributed by atoms with van der Waals surface area (Å²) in [5, 5.41) is 2.90. The average Bonchev–Trinajstić information content (AvgIpc) is 2.68. The summed E-state index contributed by atoms with van der Waals surface area (Å²) in [5.41, 5.74) is 0.705. The van der Waals surface area contributed by atoms with Gasteiger partial charge in [-0.05, 0) is 59.5 Å². The molecule has 1 aromatic rings. The van der Waals surface area contributed by atoms with Crippen molar-refractivity contribution in [2.24, 2.45) is 11.8 Å². The van der Waals surface area contributed by atoms with Gasteiger partial charge in [-0.2, -0.15) is 0 Å². The van der Waals surface area contributed by atoms with Crippen molar-refractivity contribution in [3.8, 4) is 0 Å². The molecular formula is C13H15FINO. The van der Waals surface area contributed by atoms with Gasteiger partial charge in [0.2, 0.25) is 5.91 Å². The van der Waals surface area contributed by atoms with Crippen molar-refractivity contribution in [3.63, 3.8) is 0 Å². The second-order valence-corrected chi connectivity index (χ2v) is 5.79. The van der Waals surface area contributed by atoms with Gasteiger partial charge in [0.1, 0.15) is 5.82 Å². The zero-order valence-electron chi connectivity index (χ0n) is 9.67. The maximum absolute atomic E-state index is 12.9. The van der Waals surface area contributed by atoms with Crippen molar-refractivity contribution in [1.82, 2.24) is 0 Å². The van der Waals surface area contributed by atoms with Crippen LogP contribution < -0.4 is 5.32 Å². The van der Waals surface area contributed by atoms with E-state index in [1.165, 1.54) is 12.1 Å². The Balaban J connectivity index is 2.07. The van der Waals surface area contributed by atoms with Crippen LogP contribution in [-0.2, 0) is 4.79 Å². The Kier molecular flexibility index (Phi) is 4.01. The number of anilines is 1. The molecule has 17 heavy (non-hydrogen) atoms. The van der Waals surface area contributed by atoms with Crippen LogP contribution in [0.1, 0.15) is 26.2 Å². The molecule has 1 aliphatic rings. The van der Waals surface area contributed by atoms with Gasteiger partial charge in [-0.3, -0.25) is 4.79 Å². The molecule has 1 N–H and O–H groups in total. The largest absolute Gasteiger partial charge is 0.325 e. The zero-order chi connectivity index (χ0) is 12.4. The summed E-state index contributed by atoms with van der Waals surface area (Å²) in [7, 11) is 0. The van der Waals surface area contributed by atoms with E-state index in [0.717, 1.165) is 22.8 Å². The molecule has 2 unspecified atom stereocenters. The van der Waals surface area contributed by atoms with Crippen LogP contribution in [0.3, 0.4) is 0 Å². The molecule has 1 aliphatic carbocycles. The fraction of sp³-hybridized carbons (Fsp3) is 0.462. The summed E-state index contributed by atoms with van der Waals surface area (Å²) in [5.74, 6) is 0.352. The van der Waals surface area contributed by atoms with Crippen molar-refractivity contribution in [2.45, 2.75) is 26.2 Å². The molecule has 0 spiro atoms. The third-order valence-electron chi connectivity index (χ3n) is 3.39. The number of rotatable bonds is 2. The first-order valence-corrected chi connectivity index (χ1v) is 6.91. The van der Waals surface area contributed by atoms with Crippen LogP contribution in [0.2, 0.25) is 0 Å². The first-order valence-electron chi connectivity index (χ1n) is 5.84. The quantitative estimate of drug-likeness (QED) is 0.810. The van der Waals surface area contributed by atoms with Gasteiger partial charge in [0.05, 0.1) is 5.69 Å². The van der Waals surface area contributed by atoms with Crippen LogP contribution in [0.4, 0.5) is 10.1 Å². The monoisotopic (exact) mass is 347 g/mol. The molecule has 0 aromatic heterocycles. The number of hydrogen-bond donors (Lipinski definition) is 1. The molecule has 92 valence electrons. The van der Waals surface area contributed by atoms with Crippen LogP contribution in [-0.4, -0.2) is 5.91 Å². The van der Waals surface area contributed by atoms with E-state index in [4.69, 9.17) is 0 Å². The van der Waals surface area contributed by atoms with Gasteiger partial charge in [-0.1, -0.05) is 13.3 Å². The van der Waals surface area contributed by atoms with E-state index in [1.807, 2.05) is 22.6 Å². The second-order valence-electron chi connectivity index (χ2n) is 4.63. The molecule has 2 rings (SSSR count). The maximum atomic E-state index is 12.9. The van der Waals surface area contributed by atoms with Crippen molar-refractivity contribution in [2.75, 3.05) is 5.32 Å². The Labute approximate surface area is 114 Å². The van der Waals surface area contributed by atoms with Crippen molar-refractivity contribution >= 4 is 34.2 Å². The minimum atomic E-state index is -0.276. The summed E-state index contributed by atoms with van der Waals surface area (Å²) in [6.45, 7) is 2.12. The third-order valence-corrected chi connectivity index (χ3v) is 4.28. The van der Waals surface area contributed by atoms with Crippen molar-refractivity contribution in [3.05, 3.63) is 27.6 Å². The molecule has 1 fully saturated rings. The van der Waals surface area contributed by atoms with Gasteiger partial charge in [-0.15, -0.1) is 0 Å². The summed E-state index contributed by atoms with van der Waals surface area (Å²) in [6, 6.07) is 4.42. The lowest BCUT2D eigenvalue weighted by Gasteiger charge is -2.15. The normalized spacial score (nSPS) is 23.7. The van der Waals surface area contributed by atoms with Crippen molar-refractivity contribution in [1.29, 1.82) is 0 Å². The van der Waals surface area contributed by atoms with E-state index < -0.39 is 0 Å². The highest BCUT2D eigenvalue weighted by Crippen LogP contribution is 2.32. The maximum Gasteiger partial charge on any atom is 0.227 e. The van der Waals surface area contributed by atoms with Gasteiger partial charge in [0, 0.05) is 9.49 Å². The fourth-order valence-electron chi connectivity index (χ4n) is 2.35.